The van der Waals surface area contributed by atoms with Gasteiger partial charge in [0.1, 0.15) is 0 Å². The summed E-state index contributed by atoms with van der Waals surface area (Å²) < 4.78 is 5.29. The average Bonchev–Trinajstić information content (AvgIpc) is 2.90. The monoisotopic (exact) mass is 236 g/mol. The zero-order chi connectivity index (χ0) is 11.0. The third-order valence-electron chi connectivity index (χ3n) is 3.15. The second-order valence-corrected chi connectivity index (χ2v) is 4.77. The van der Waals surface area contributed by atoms with E-state index >= 15 is 0 Å². The van der Waals surface area contributed by atoms with Crippen molar-refractivity contribution in [3.63, 3.8) is 0 Å². The summed E-state index contributed by atoms with van der Waals surface area (Å²) in [6.45, 7) is 2.19. The molecule has 84 valence electrons. The van der Waals surface area contributed by atoms with Crippen LogP contribution in [0.5, 0.6) is 0 Å². The lowest BCUT2D eigenvalue weighted by atomic mass is 10.0. The molecule has 1 fully saturated rings. The van der Waals surface area contributed by atoms with Crippen molar-refractivity contribution in [3.8, 4) is 0 Å². The van der Waals surface area contributed by atoms with Gasteiger partial charge in [-0.1, -0.05) is 16.8 Å². The predicted octanol–water partition coefficient (Wildman–Crippen LogP) is 2.63. The van der Waals surface area contributed by atoms with Gasteiger partial charge < -0.3 is 9.84 Å². The Kier molecular flexibility index (Phi) is 2.58. The van der Waals surface area contributed by atoms with E-state index in [-0.39, 0.29) is 0 Å². The predicted molar refractivity (Wildman–Crippen MR) is 63.7 cm³/mol. The molecule has 2 aromatic rings. The highest BCUT2D eigenvalue weighted by atomic mass is 35.5. The van der Waals surface area contributed by atoms with Crippen molar-refractivity contribution in [2.24, 2.45) is 5.92 Å². The maximum absolute atomic E-state index is 5.98. The molecule has 3 rings (SSSR count). The van der Waals surface area contributed by atoms with Crippen molar-refractivity contribution < 1.29 is 4.52 Å². The summed E-state index contributed by atoms with van der Waals surface area (Å²) in [5.41, 5.74) is 1.86. The molecule has 4 heteroatoms. The van der Waals surface area contributed by atoms with Crippen molar-refractivity contribution in [3.05, 3.63) is 28.9 Å². The highest BCUT2D eigenvalue weighted by molar-refractivity contribution is 6.31. The van der Waals surface area contributed by atoms with Gasteiger partial charge in [-0.25, -0.2) is 0 Å². The van der Waals surface area contributed by atoms with Crippen molar-refractivity contribution in [1.29, 1.82) is 0 Å². The van der Waals surface area contributed by atoms with Gasteiger partial charge in [0, 0.05) is 10.4 Å². The summed E-state index contributed by atoms with van der Waals surface area (Å²) in [4.78, 5) is 0. The van der Waals surface area contributed by atoms with E-state index in [1.807, 2.05) is 18.2 Å². The summed E-state index contributed by atoms with van der Waals surface area (Å²) in [6.07, 6.45) is 2.19. The zero-order valence-electron chi connectivity index (χ0n) is 8.87. The van der Waals surface area contributed by atoms with E-state index in [2.05, 4.69) is 10.5 Å². The molecule has 1 saturated heterocycles. The first-order chi connectivity index (χ1) is 7.83. The first kappa shape index (κ1) is 10.1. The maximum atomic E-state index is 5.98. The van der Waals surface area contributed by atoms with Crippen LogP contribution in [0.25, 0.3) is 11.0 Å². The SMILES string of the molecule is Clc1ccc2onc(CC3CCNC3)c2c1. The Morgan fingerprint density at radius 3 is 3.25 bits per heavy atom. The minimum Gasteiger partial charge on any atom is -0.356 e. The quantitative estimate of drug-likeness (QED) is 0.871. The molecule has 3 nitrogen and oxygen atoms in total. The fraction of sp³-hybridized carbons (Fsp3) is 0.417. The summed E-state index contributed by atoms with van der Waals surface area (Å²) in [5, 5.41) is 9.29. The lowest BCUT2D eigenvalue weighted by Gasteiger charge is -2.04. The van der Waals surface area contributed by atoms with Crippen LogP contribution in [0.2, 0.25) is 5.02 Å². The van der Waals surface area contributed by atoms with Crippen LogP contribution in [0.3, 0.4) is 0 Å². The molecule has 0 aliphatic carbocycles. The lowest BCUT2D eigenvalue weighted by Crippen LogP contribution is -2.10. The normalized spacial score (nSPS) is 20.7. The molecule has 0 bridgehead atoms. The van der Waals surface area contributed by atoms with Gasteiger partial charge in [0.2, 0.25) is 0 Å². The fourth-order valence-corrected chi connectivity index (χ4v) is 2.44. The number of hydrogen-bond donors (Lipinski definition) is 1. The van der Waals surface area contributed by atoms with Gasteiger partial charge in [-0.15, -0.1) is 0 Å². The molecule has 1 atom stereocenters. The Labute approximate surface area is 98.8 Å². The van der Waals surface area contributed by atoms with E-state index < -0.39 is 0 Å². The summed E-state index contributed by atoms with van der Waals surface area (Å²) >= 11 is 5.98. The Morgan fingerprint density at radius 2 is 2.44 bits per heavy atom. The van der Waals surface area contributed by atoms with Crippen LogP contribution in [-0.2, 0) is 6.42 Å². The van der Waals surface area contributed by atoms with Gasteiger partial charge in [-0.2, -0.15) is 0 Å². The van der Waals surface area contributed by atoms with Crippen molar-refractivity contribution in [2.75, 3.05) is 13.1 Å². The van der Waals surface area contributed by atoms with Gasteiger partial charge in [0.05, 0.1) is 5.69 Å². The van der Waals surface area contributed by atoms with Crippen LogP contribution < -0.4 is 5.32 Å². The number of halogens is 1. The molecule has 1 aromatic carbocycles. The molecule has 1 aliphatic heterocycles. The largest absolute Gasteiger partial charge is 0.356 e. The van der Waals surface area contributed by atoms with Crippen LogP contribution in [0.1, 0.15) is 12.1 Å². The second kappa shape index (κ2) is 4.07. The van der Waals surface area contributed by atoms with Gasteiger partial charge in [0.25, 0.3) is 0 Å². The Balaban J connectivity index is 1.93. The minimum atomic E-state index is 0.673. The smallest absolute Gasteiger partial charge is 0.167 e. The Morgan fingerprint density at radius 1 is 1.50 bits per heavy atom. The molecule has 16 heavy (non-hydrogen) atoms. The Hall–Kier alpha value is -1.06. The van der Waals surface area contributed by atoms with Gasteiger partial charge >= 0.3 is 0 Å². The number of rotatable bonds is 2. The highest BCUT2D eigenvalue weighted by Crippen LogP contribution is 2.25. The van der Waals surface area contributed by atoms with E-state index in [9.17, 15) is 0 Å². The van der Waals surface area contributed by atoms with Crippen LogP contribution in [0, 0.1) is 5.92 Å². The standard InChI is InChI=1S/C12H13ClN2O/c13-9-1-2-12-10(6-9)11(15-16-12)5-8-3-4-14-7-8/h1-2,6,8,14H,3-5,7H2. The zero-order valence-corrected chi connectivity index (χ0v) is 9.63. The number of hydrogen-bond acceptors (Lipinski definition) is 3. The number of aromatic nitrogens is 1. The molecular weight excluding hydrogens is 224 g/mol. The molecule has 0 amide bonds. The third-order valence-corrected chi connectivity index (χ3v) is 3.39. The van der Waals surface area contributed by atoms with Crippen LogP contribution >= 0.6 is 11.6 Å². The summed E-state index contributed by atoms with van der Waals surface area (Å²) in [5.74, 6) is 0.673. The molecule has 1 aliphatic rings. The van der Waals surface area contributed by atoms with E-state index in [1.54, 1.807) is 0 Å². The van der Waals surface area contributed by atoms with Crippen LogP contribution in [0.15, 0.2) is 22.7 Å². The molecule has 1 unspecified atom stereocenters. The van der Waals surface area contributed by atoms with Gasteiger partial charge in [-0.3, -0.25) is 0 Å². The van der Waals surface area contributed by atoms with Crippen molar-refractivity contribution in [1.82, 2.24) is 10.5 Å². The van der Waals surface area contributed by atoms with E-state index in [0.29, 0.717) is 5.92 Å². The van der Waals surface area contributed by atoms with Gasteiger partial charge in [0.15, 0.2) is 5.58 Å². The topological polar surface area (TPSA) is 38.1 Å². The average molecular weight is 237 g/mol. The summed E-state index contributed by atoms with van der Waals surface area (Å²) in [6, 6.07) is 5.64. The Bertz CT molecular complexity index is 503. The fourth-order valence-electron chi connectivity index (χ4n) is 2.27. The van der Waals surface area contributed by atoms with E-state index in [4.69, 9.17) is 16.1 Å². The maximum Gasteiger partial charge on any atom is 0.167 e. The van der Waals surface area contributed by atoms with Crippen molar-refractivity contribution >= 4 is 22.6 Å². The number of nitrogens with one attached hydrogen (secondary N) is 1. The third kappa shape index (κ3) is 1.81. The van der Waals surface area contributed by atoms with Crippen LogP contribution in [-0.4, -0.2) is 18.2 Å². The van der Waals surface area contributed by atoms with E-state index in [1.165, 1.54) is 6.42 Å². The molecule has 0 spiro atoms. The van der Waals surface area contributed by atoms with Crippen molar-refractivity contribution in [2.45, 2.75) is 12.8 Å². The molecule has 2 heterocycles. The first-order valence-corrected chi connectivity index (χ1v) is 5.95. The van der Waals surface area contributed by atoms with Gasteiger partial charge in [-0.05, 0) is 50.0 Å². The van der Waals surface area contributed by atoms with Crippen LogP contribution in [0.4, 0.5) is 0 Å². The summed E-state index contributed by atoms with van der Waals surface area (Å²) in [7, 11) is 0. The number of nitrogens with zero attached hydrogens (tertiary/aromatic N) is 1. The lowest BCUT2D eigenvalue weighted by molar-refractivity contribution is 0.435. The number of benzene rings is 1. The molecule has 0 saturated carbocycles. The molecule has 1 aromatic heterocycles. The van der Waals surface area contributed by atoms with E-state index in [0.717, 1.165) is 41.2 Å². The molecule has 0 radical (unpaired) electrons. The minimum absolute atomic E-state index is 0.673. The first-order valence-electron chi connectivity index (χ1n) is 5.57. The molecule has 1 N–H and O–H groups in total. The molecular formula is C12H13ClN2O. The highest BCUT2D eigenvalue weighted by Gasteiger charge is 2.18. The number of fused-ring (bicyclic) bond motifs is 1. The second-order valence-electron chi connectivity index (χ2n) is 4.33.